The standard InChI is InChI=1S/C12H13NO2/c1-9-11-6-4-3-5-10(11)7-8-13(9)12(14)15-2/h3-9H,1-2H3/t9-/m0/s1. The summed E-state index contributed by atoms with van der Waals surface area (Å²) >= 11 is 0. The van der Waals surface area contributed by atoms with E-state index in [2.05, 4.69) is 0 Å². The van der Waals surface area contributed by atoms with Crippen molar-refractivity contribution >= 4 is 12.2 Å². The number of nitrogens with zero attached hydrogens (tertiary/aromatic N) is 1. The first-order chi connectivity index (χ1) is 7.24. The summed E-state index contributed by atoms with van der Waals surface area (Å²) in [4.78, 5) is 13.0. The van der Waals surface area contributed by atoms with Crippen molar-refractivity contribution in [3.63, 3.8) is 0 Å². The van der Waals surface area contributed by atoms with E-state index in [1.807, 2.05) is 37.3 Å². The second-order valence-electron chi connectivity index (χ2n) is 3.50. The second-order valence-corrected chi connectivity index (χ2v) is 3.50. The van der Waals surface area contributed by atoms with E-state index < -0.39 is 0 Å². The van der Waals surface area contributed by atoms with Crippen LogP contribution >= 0.6 is 0 Å². The Bertz CT molecular complexity index is 412. The van der Waals surface area contributed by atoms with Crippen LogP contribution in [0.4, 0.5) is 4.79 Å². The van der Waals surface area contributed by atoms with Gasteiger partial charge in [-0.2, -0.15) is 0 Å². The van der Waals surface area contributed by atoms with Crippen LogP contribution in [0.2, 0.25) is 0 Å². The van der Waals surface area contributed by atoms with E-state index in [1.54, 1.807) is 11.1 Å². The Hall–Kier alpha value is -1.77. The molecule has 1 heterocycles. The smallest absolute Gasteiger partial charge is 0.414 e. The second kappa shape index (κ2) is 3.77. The molecule has 3 heteroatoms. The molecule has 0 aromatic heterocycles. The molecule has 0 saturated carbocycles. The molecular formula is C12H13NO2. The van der Waals surface area contributed by atoms with Crippen molar-refractivity contribution in [3.05, 3.63) is 41.6 Å². The van der Waals surface area contributed by atoms with Gasteiger partial charge in [0.2, 0.25) is 0 Å². The summed E-state index contributed by atoms with van der Waals surface area (Å²) in [6.45, 7) is 1.99. The predicted octanol–water partition coefficient (Wildman–Crippen LogP) is 2.80. The van der Waals surface area contributed by atoms with Gasteiger partial charge in [-0.15, -0.1) is 0 Å². The number of fused-ring (bicyclic) bond motifs is 1. The number of ether oxygens (including phenoxy) is 1. The molecule has 0 radical (unpaired) electrons. The van der Waals surface area contributed by atoms with Crippen molar-refractivity contribution in [2.24, 2.45) is 0 Å². The molecule has 3 nitrogen and oxygen atoms in total. The van der Waals surface area contributed by atoms with E-state index in [9.17, 15) is 4.79 Å². The minimum Gasteiger partial charge on any atom is -0.452 e. The van der Waals surface area contributed by atoms with Crippen molar-refractivity contribution in [2.75, 3.05) is 7.11 Å². The predicted molar refractivity (Wildman–Crippen MR) is 58.1 cm³/mol. The van der Waals surface area contributed by atoms with Crippen molar-refractivity contribution in [1.29, 1.82) is 0 Å². The van der Waals surface area contributed by atoms with Crippen LogP contribution in [0.15, 0.2) is 30.5 Å². The van der Waals surface area contributed by atoms with E-state index in [-0.39, 0.29) is 12.1 Å². The first kappa shape index (κ1) is 9.77. The number of hydrogen-bond acceptors (Lipinski definition) is 2. The fourth-order valence-corrected chi connectivity index (χ4v) is 1.81. The Kier molecular flexibility index (Phi) is 2.46. The summed E-state index contributed by atoms with van der Waals surface area (Å²) in [7, 11) is 1.39. The summed E-state index contributed by atoms with van der Waals surface area (Å²) in [6.07, 6.45) is 3.36. The molecule has 0 bridgehead atoms. The lowest BCUT2D eigenvalue weighted by Crippen LogP contribution is -2.30. The van der Waals surface area contributed by atoms with Crippen LogP contribution in [0.5, 0.6) is 0 Å². The Morgan fingerprint density at radius 3 is 2.87 bits per heavy atom. The fraction of sp³-hybridized carbons (Fsp3) is 0.250. The molecule has 1 aromatic rings. The zero-order valence-electron chi connectivity index (χ0n) is 8.81. The lowest BCUT2D eigenvalue weighted by Gasteiger charge is -2.29. The molecule has 0 N–H and O–H groups in total. The van der Waals surface area contributed by atoms with Crippen LogP contribution in [-0.4, -0.2) is 18.1 Å². The highest BCUT2D eigenvalue weighted by atomic mass is 16.5. The number of hydrogen-bond donors (Lipinski definition) is 0. The molecule has 1 aliphatic heterocycles. The topological polar surface area (TPSA) is 29.5 Å². The van der Waals surface area contributed by atoms with Crippen LogP contribution in [0.3, 0.4) is 0 Å². The van der Waals surface area contributed by atoms with Gasteiger partial charge in [-0.3, -0.25) is 4.90 Å². The van der Waals surface area contributed by atoms with Gasteiger partial charge in [0.15, 0.2) is 0 Å². The number of amides is 1. The van der Waals surface area contributed by atoms with Gasteiger partial charge in [0, 0.05) is 6.20 Å². The van der Waals surface area contributed by atoms with Gasteiger partial charge >= 0.3 is 6.09 Å². The van der Waals surface area contributed by atoms with E-state index in [0.717, 1.165) is 11.1 Å². The summed E-state index contributed by atoms with van der Waals surface area (Å²) in [5.41, 5.74) is 2.30. The number of rotatable bonds is 0. The molecule has 0 saturated heterocycles. The Morgan fingerprint density at radius 1 is 1.40 bits per heavy atom. The molecule has 0 aliphatic carbocycles. The van der Waals surface area contributed by atoms with E-state index in [4.69, 9.17) is 4.74 Å². The van der Waals surface area contributed by atoms with Gasteiger partial charge in [-0.1, -0.05) is 24.3 Å². The highest BCUT2D eigenvalue weighted by molar-refractivity contribution is 5.73. The number of carbonyl (C=O) groups excluding carboxylic acids is 1. The molecule has 78 valence electrons. The van der Waals surface area contributed by atoms with Crippen LogP contribution in [-0.2, 0) is 4.74 Å². The maximum absolute atomic E-state index is 11.4. The molecular weight excluding hydrogens is 190 g/mol. The lowest BCUT2D eigenvalue weighted by atomic mass is 9.98. The SMILES string of the molecule is COC(=O)N1C=Cc2ccccc2[C@@H]1C. The highest BCUT2D eigenvalue weighted by Crippen LogP contribution is 2.29. The average Bonchev–Trinajstić information content (AvgIpc) is 2.29. The van der Waals surface area contributed by atoms with E-state index in [1.165, 1.54) is 7.11 Å². The summed E-state index contributed by atoms with van der Waals surface area (Å²) < 4.78 is 4.71. The van der Waals surface area contributed by atoms with Gasteiger partial charge in [-0.05, 0) is 24.1 Å². The van der Waals surface area contributed by atoms with E-state index in [0.29, 0.717) is 0 Å². The maximum atomic E-state index is 11.4. The maximum Gasteiger partial charge on any atom is 0.414 e. The minimum absolute atomic E-state index is 0.0265. The average molecular weight is 203 g/mol. The Labute approximate surface area is 89.0 Å². The quantitative estimate of drug-likeness (QED) is 0.648. The number of carbonyl (C=O) groups is 1. The molecule has 0 unspecified atom stereocenters. The van der Waals surface area contributed by atoms with Crippen LogP contribution in [0.1, 0.15) is 24.1 Å². The van der Waals surface area contributed by atoms with Crippen molar-refractivity contribution in [3.8, 4) is 0 Å². The lowest BCUT2D eigenvalue weighted by molar-refractivity contribution is 0.128. The van der Waals surface area contributed by atoms with Crippen molar-refractivity contribution < 1.29 is 9.53 Å². The van der Waals surface area contributed by atoms with Gasteiger partial charge in [0.05, 0.1) is 13.2 Å². The monoisotopic (exact) mass is 203 g/mol. The molecule has 0 fully saturated rings. The zero-order valence-corrected chi connectivity index (χ0v) is 8.81. The minimum atomic E-state index is -0.326. The van der Waals surface area contributed by atoms with Crippen LogP contribution in [0.25, 0.3) is 6.08 Å². The normalized spacial score (nSPS) is 18.5. The Morgan fingerprint density at radius 2 is 2.13 bits per heavy atom. The molecule has 1 aliphatic rings. The third-order valence-corrected chi connectivity index (χ3v) is 2.66. The zero-order chi connectivity index (χ0) is 10.8. The van der Waals surface area contributed by atoms with Crippen molar-refractivity contribution in [1.82, 2.24) is 4.90 Å². The molecule has 1 aromatic carbocycles. The van der Waals surface area contributed by atoms with E-state index >= 15 is 0 Å². The molecule has 2 rings (SSSR count). The van der Waals surface area contributed by atoms with Gasteiger partial charge in [-0.25, -0.2) is 4.79 Å². The third kappa shape index (κ3) is 1.61. The first-order valence-electron chi connectivity index (χ1n) is 4.87. The largest absolute Gasteiger partial charge is 0.452 e. The Balaban J connectivity index is 2.37. The molecule has 15 heavy (non-hydrogen) atoms. The summed E-state index contributed by atoms with van der Waals surface area (Å²) in [6, 6.07) is 8.06. The fourth-order valence-electron chi connectivity index (χ4n) is 1.81. The van der Waals surface area contributed by atoms with Gasteiger partial charge in [0.1, 0.15) is 0 Å². The van der Waals surface area contributed by atoms with Crippen LogP contribution in [0, 0.1) is 0 Å². The third-order valence-electron chi connectivity index (χ3n) is 2.66. The number of methoxy groups -OCH3 is 1. The highest BCUT2D eigenvalue weighted by Gasteiger charge is 2.24. The molecule has 0 spiro atoms. The molecule has 1 amide bonds. The summed E-state index contributed by atoms with van der Waals surface area (Å²) in [5, 5.41) is 0. The first-order valence-corrected chi connectivity index (χ1v) is 4.87. The van der Waals surface area contributed by atoms with Gasteiger partial charge in [0.25, 0.3) is 0 Å². The van der Waals surface area contributed by atoms with Gasteiger partial charge < -0.3 is 4.74 Å². The number of benzene rings is 1. The van der Waals surface area contributed by atoms with Crippen molar-refractivity contribution in [2.45, 2.75) is 13.0 Å². The molecule has 1 atom stereocenters. The van der Waals surface area contributed by atoms with Crippen LogP contribution < -0.4 is 0 Å². The summed E-state index contributed by atoms with van der Waals surface area (Å²) in [5.74, 6) is 0.